The van der Waals surface area contributed by atoms with Crippen molar-refractivity contribution >= 4 is 46.4 Å². The number of benzene rings is 1. The van der Waals surface area contributed by atoms with Crippen LogP contribution in [0.4, 0.5) is 35.2 Å². The topological polar surface area (TPSA) is 160 Å². The lowest BCUT2D eigenvalue weighted by Crippen LogP contribution is -2.46. The molecule has 180 valence electrons. The number of hydrogen-bond donors (Lipinski definition) is 4. The van der Waals surface area contributed by atoms with Gasteiger partial charge in [0.2, 0.25) is 0 Å². The molecule has 1 atom stereocenters. The number of rotatable bonds is 6. The van der Waals surface area contributed by atoms with Crippen LogP contribution in [0.2, 0.25) is 5.02 Å². The number of nitrogens with one attached hydrogen (secondary N) is 4. The van der Waals surface area contributed by atoms with Crippen LogP contribution < -0.4 is 21.5 Å². The van der Waals surface area contributed by atoms with Gasteiger partial charge in [0.25, 0.3) is 11.6 Å². The number of oxime groups is 1. The monoisotopic (exact) mass is 501 g/mol. The number of non-ortho nitro benzene ring substituents is 1. The van der Waals surface area contributed by atoms with Gasteiger partial charge in [0, 0.05) is 30.4 Å². The fourth-order valence-corrected chi connectivity index (χ4v) is 2.85. The zero-order valence-electron chi connectivity index (χ0n) is 16.9. The van der Waals surface area contributed by atoms with Crippen LogP contribution in [0.25, 0.3) is 0 Å². The molecule has 1 aliphatic heterocycles. The fraction of sp³-hybridized carbons (Fsp3) is 0.222. The Bertz CT molecular complexity index is 1130. The maximum atomic E-state index is 12.7. The van der Waals surface area contributed by atoms with Crippen molar-refractivity contribution in [2.24, 2.45) is 5.16 Å². The molecule has 1 aliphatic rings. The van der Waals surface area contributed by atoms with E-state index in [0.717, 1.165) is 6.07 Å². The minimum atomic E-state index is -4.58. The van der Waals surface area contributed by atoms with E-state index in [2.05, 4.69) is 31.6 Å². The molecule has 3 amide bonds. The molecule has 4 N–H and O–H groups in total. The highest BCUT2D eigenvalue weighted by Crippen LogP contribution is 2.32. The Balaban J connectivity index is 1.42. The van der Waals surface area contributed by atoms with Crippen molar-refractivity contribution in [1.29, 1.82) is 0 Å². The smallest absolute Gasteiger partial charge is 0.390 e. The van der Waals surface area contributed by atoms with Gasteiger partial charge in [-0.05, 0) is 18.2 Å². The van der Waals surface area contributed by atoms with Crippen LogP contribution in [-0.2, 0) is 15.8 Å². The Kier molecular flexibility index (Phi) is 7.35. The van der Waals surface area contributed by atoms with E-state index in [9.17, 15) is 32.9 Å². The number of urea groups is 1. The maximum absolute atomic E-state index is 12.7. The number of alkyl halides is 3. The second-order valence-electron chi connectivity index (χ2n) is 6.74. The van der Waals surface area contributed by atoms with E-state index < -0.39 is 34.7 Å². The summed E-state index contributed by atoms with van der Waals surface area (Å²) in [6.07, 6.45) is -4.56. The number of halogens is 4. The van der Waals surface area contributed by atoms with E-state index in [0.29, 0.717) is 6.20 Å². The van der Waals surface area contributed by atoms with E-state index in [1.54, 1.807) is 0 Å². The number of anilines is 2. The Morgan fingerprint density at radius 3 is 2.56 bits per heavy atom. The Labute approximate surface area is 193 Å². The Morgan fingerprint density at radius 1 is 1.24 bits per heavy atom. The van der Waals surface area contributed by atoms with Crippen LogP contribution in [0, 0.1) is 10.1 Å². The third-order valence-electron chi connectivity index (χ3n) is 4.29. The molecular weight excluding hydrogens is 487 g/mol. The molecule has 0 aliphatic carbocycles. The second-order valence-corrected chi connectivity index (χ2v) is 7.15. The van der Waals surface area contributed by atoms with Gasteiger partial charge in [-0.25, -0.2) is 15.2 Å². The van der Waals surface area contributed by atoms with Crippen LogP contribution in [0.1, 0.15) is 12.0 Å². The molecule has 2 aromatic rings. The van der Waals surface area contributed by atoms with Crippen LogP contribution in [0.15, 0.2) is 41.7 Å². The number of carbonyl (C=O) groups is 2. The zero-order valence-corrected chi connectivity index (χ0v) is 17.6. The van der Waals surface area contributed by atoms with Gasteiger partial charge in [0.15, 0.2) is 6.10 Å². The van der Waals surface area contributed by atoms with Crippen molar-refractivity contribution in [3.8, 4) is 0 Å². The number of aromatic nitrogens is 1. The summed E-state index contributed by atoms with van der Waals surface area (Å²) in [4.78, 5) is 42.7. The highest BCUT2D eigenvalue weighted by Gasteiger charge is 2.32. The summed E-state index contributed by atoms with van der Waals surface area (Å²) in [5.41, 5.74) is 3.26. The summed E-state index contributed by atoms with van der Waals surface area (Å²) in [6.45, 7) is 0.0341. The highest BCUT2D eigenvalue weighted by atomic mass is 35.5. The predicted octanol–water partition coefficient (Wildman–Crippen LogP) is 3.07. The average molecular weight is 502 g/mol. The average Bonchev–Trinajstić information content (AvgIpc) is 3.25. The first-order chi connectivity index (χ1) is 16.0. The number of hydrogen-bond acceptors (Lipinski definition) is 8. The van der Waals surface area contributed by atoms with Crippen molar-refractivity contribution in [1.82, 2.24) is 15.8 Å². The molecule has 0 radical (unpaired) electrons. The lowest BCUT2D eigenvalue weighted by molar-refractivity contribution is -0.384. The number of pyridine rings is 1. The number of nitrogens with zero attached hydrogens (tertiary/aromatic N) is 3. The van der Waals surface area contributed by atoms with Crippen LogP contribution in [0.3, 0.4) is 0 Å². The molecule has 0 spiro atoms. The van der Waals surface area contributed by atoms with Gasteiger partial charge in [0.1, 0.15) is 11.5 Å². The molecule has 0 fully saturated rings. The van der Waals surface area contributed by atoms with Gasteiger partial charge in [-0.1, -0.05) is 16.8 Å². The third kappa shape index (κ3) is 6.44. The molecule has 0 saturated heterocycles. The van der Waals surface area contributed by atoms with Crippen LogP contribution >= 0.6 is 11.6 Å². The summed E-state index contributed by atoms with van der Waals surface area (Å²) in [6, 6.07) is 4.92. The number of amides is 3. The molecule has 0 bridgehead atoms. The molecule has 3 rings (SSSR count). The van der Waals surface area contributed by atoms with Crippen molar-refractivity contribution in [3.05, 3.63) is 57.2 Å². The summed E-state index contributed by atoms with van der Waals surface area (Å²) in [7, 11) is 0. The molecule has 34 heavy (non-hydrogen) atoms. The molecule has 16 heteroatoms. The van der Waals surface area contributed by atoms with Gasteiger partial charge >= 0.3 is 12.2 Å². The largest absolute Gasteiger partial charge is 0.417 e. The Hall–Kier alpha value is -4.14. The summed E-state index contributed by atoms with van der Waals surface area (Å²) in [5.74, 6) is -0.757. The standard InChI is InChI=1S/C18H15ClF3N7O5/c19-13-5-9(18(20,21)22)7-23-15(13)24-8-12-6-14(28-34-12)16(30)26-27-17(31)25-10-1-3-11(4-2-10)29(32)33/h1-5,7,12H,6,8H2,(H,23,24)(H,26,30)(H2,25,27,31). The van der Waals surface area contributed by atoms with E-state index in [4.69, 9.17) is 16.4 Å². The highest BCUT2D eigenvalue weighted by molar-refractivity contribution is 6.39. The second kappa shape index (κ2) is 10.2. The van der Waals surface area contributed by atoms with E-state index in [-0.39, 0.29) is 40.9 Å². The van der Waals surface area contributed by atoms with E-state index in [1.807, 2.05) is 0 Å². The molecule has 1 unspecified atom stereocenters. The van der Waals surface area contributed by atoms with Crippen molar-refractivity contribution in [2.75, 3.05) is 17.2 Å². The third-order valence-corrected chi connectivity index (χ3v) is 4.57. The first-order valence-corrected chi connectivity index (χ1v) is 9.72. The SMILES string of the molecule is O=C(NNC(=O)C1=NOC(CNc2ncc(C(F)(F)F)cc2Cl)C1)Nc1ccc([N+](=O)[O-])cc1. The molecule has 0 saturated carbocycles. The van der Waals surface area contributed by atoms with Crippen LogP contribution in [-0.4, -0.2) is 40.2 Å². The van der Waals surface area contributed by atoms with Crippen molar-refractivity contribution in [3.63, 3.8) is 0 Å². The Morgan fingerprint density at radius 2 is 1.94 bits per heavy atom. The number of nitro groups is 1. The van der Waals surface area contributed by atoms with Gasteiger partial charge < -0.3 is 15.5 Å². The van der Waals surface area contributed by atoms with Gasteiger partial charge in [-0.15, -0.1) is 0 Å². The van der Waals surface area contributed by atoms with E-state index >= 15 is 0 Å². The molecule has 2 heterocycles. The van der Waals surface area contributed by atoms with Gasteiger partial charge in [-0.3, -0.25) is 20.3 Å². The molecule has 1 aromatic carbocycles. The van der Waals surface area contributed by atoms with Crippen molar-refractivity contribution < 1.29 is 32.5 Å². The molecule has 1 aromatic heterocycles. The minimum Gasteiger partial charge on any atom is -0.390 e. The number of hydrazine groups is 1. The van der Waals surface area contributed by atoms with Crippen LogP contribution in [0.5, 0.6) is 0 Å². The maximum Gasteiger partial charge on any atom is 0.417 e. The molecular formula is C18H15ClF3N7O5. The molecule has 12 nitrogen and oxygen atoms in total. The predicted molar refractivity (Wildman–Crippen MR) is 113 cm³/mol. The normalized spacial score (nSPS) is 15.1. The number of carbonyl (C=O) groups excluding carboxylic acids is 2. The lowest BCUT2D eigenvalue weighted by atomic mass is 10.1. The summed E-state index contributed by atoms with van der Waals surface area (Å²) < 4.78 is 38.0. The summed E-state index contributed by atoms with van der Waals surface area (Å²) >= 11 is 5.82. The van der Waals surface area contributed by atoms with Gasteiger partial charge in [-0.2, -0.15) is 13.2 Å². The van der Waals surface area contributed by atoms with Gasteiger partial charge in [0.05, 0.1) is 22.1 Å². The lowest BCUT2D eigenvalue weighted by Gasteiger charge is -2.13. The quantitative estimate of drug-likeness (QED) is 0.349. The summed E-state index contributed by atoms with van der Waals surface area (Å²) in [5, 5.41) is 19.1. The first-order valence-electron chi connectivity index (χ1n) is 9.34. The first kappa shape index (κ1) is 24.5. The van der Waals surface area contributed by atoms with Crippen molar-refractivity contribution in [2.45, 2.75) is 18.7 Å². The fourth-order valence-electron chi connectivity index (χ4n) is 2.62. The van der Waals surface area contributed by atoms with E-state index in [1.165, 1.54) is 24.3 Å². The minimum absolute atomic E-state index is 0.000695. The zero-order chi connectivity index (χ0) is 24.9. The number of nitro benzene ring substituents is 1.